The molecule has 2 aliphatic heterocycles. The molecule has 152 valence electrons. The van der Waals surface area contributed by atoms with Gasteiger partial charge in [-0.2, -0.15) is 0 Å². The summed E-state index contributed by atoms with van der Waals surface area (Å²) in [6, 6.07) is 6.37. The number of piperazine rings is 1. The molecule has 1 saturated carbocycles. The zero-order chi connectivity index (χ0) is 20.1. The number of amides is 3. The second kappa shape index (κ2) is 6.97. The van der Waals surface area contributed by atoms with Crippen LogP contribution in [0.5, 0.6) is 0 Å². The van der Waals surface area contributed by atoms with Crippen molar-refractivity contribution in [2.24, 2.45) is 23.7 Å². The molecule has 2 saturated heterocycles. The normalized spacial score (nSPS) is 30.4. The lowest BCUT2D eigenvalue weighted by Gasteiger charge is -2.36. The van der Waals surface area contributed by atoms with E-state index < -0.39 is 0 Å². The van der Waals surface area contributed by atoms with Crippen LogP contribution in [0.2, 0.25) is 0 Å². The van der Waals surface area contributed by atoms with Gasteiger partial charge in [-0.25, -0.2) is 4.39 Å². The number of halogens is 1. The molecule has 6 nitrogen and oxygen atoms in total. The zero-order valence-corrected chi connectivity index (χ0v) is 16.2. The average Bonchev–Trinajstić information content (AvgIpc) is 3.41. The maximum absolute atomic E-state index is 13.1. The first-order valence-electron chi connectivity index (χ1n) is 10.3. The van der Waals surface area contributed by atoms with E-state index in [1.807, 2.05) is 0 Å². The van der Waals surface area contributed by atoms with Gasteiger partial charge in [-0.3, -0.25) is 19.3 Å². The fourth-order valence-corrected chi connectivity index (χ4v) is 5.42. The molecule has 4 aliphatic rings. The number of hydrogen-bond acceptors (Lipinski definition) is 4. The number of imide groups is 1. The minimum atomic E-state index is -0.263. The zero-order valence-electron chi connectivity index (χ0n) is 16.2. The SMILES string of the molecule is O=C(CCN1C(=O)[C@@H]2[C@H](C1=O)[C@H]1C=C[C@H]2C1)N1CCN(c2ccc(F)cc2)CC1. The highest BCUT2D eigenvalue weighted by Gasteiger charge is 2.59. The number of carbonyl (C=O) groups excluding carboxylic acids is 3. The molecule has 3 fully saturated rings. The van der Waals surface area contributed by atoms with Crippen molar-refractivity contribution < 1.29 is 18.8 Å². The largest absolute Gasteiger partial charge is 0.368 e. The predicted molar refractivity (Wildman–Crippen MR) is 104 cm³/mol. The van der Waals surface area contributed by atoms with Crippen LogP contribution in [0.3, 0.4) is 0 Å². The number of carbonyl (C=O) groups is 3. The highest BCUT2D eigenvalue weighted by Crippen LogP contribution is 2.52. The van der Waals surface area contributed by atoms with E-state index in [9.17, 15) is 18.8 Å². The molecule has 2 aliphatic carbocycles. The summed E-state index contributed by atoms with van der Waals surface area (Å²) in [5.41, 5.74) is 0.946. The Morgan fingerprint density at radius 1 is 0.931 bits per heavy atom. The molecule has 0 N–H and O–H groups in total. The van der Waals surface area contributed by atoms with E-state index in [0.29, 0.717) is 26.2 Å². The molecule has 0 radical (unpaired) electrons. The van der Waals surface area contributed by atoms with Crippen LogP contribution in [0.4, 0.5) is 10.1 Å². The lowest BCUT2D eigenvalue weighted by atomic mass is 9.85. The summed E-state index contributed by atoms with van der Waals surface area (Å²) in [5, 5.41) is 0. The number of rotatable bonds is 4. The van der Waals surface area contributed by atoms with Gasteiger partial charge in [-0.15, -0.1) is 0 Å². The summed E-state index contributed by atoms with van der Waals surface area (Å²) < 4.78 is 13.1. The summed E-state index contributed by atoms with van der Waals surface area (Å²) in [6.07, 6.45) is 5.24. The van der Waals surface area contributed by atoms with Crippen molar-refractivity contribution in [1.82, 2.24) is 9.80 Å². The number of anilines is 1. The first-order valence-corrected chi connectivity index (χ1v) is 10.3. The smallest absolute Gasteiger partial charge is 0.233 e. The van der Waals surface area contributed by atoms with E-state index >= 15 is 0 Å². The molecule has 2 bridgehead atoms. The van der Waals surface area contributed by atoms with E-state index in [0.717, 1.165) is 12.1 Å². The molecule has 0 spiro atoms. The predicted octanol–water partition coefficient (Wildman–Crippen LogP) is 1.67. The van der Waals surface area contributed by atoms with Crippen LogP contribution in [0, 0.1) is 29.5 Å². The second-order valence-corrected chi connectivity index (χ2v) is 8.42. The van der Waals surface area contributed by atoms with Gasteiger partial charge in [0.15, 0.2) is 0 Å². The van der Waals surface area contributed by atoms with Crippen molar-refractivity contribution in [2.75, 3.05) is 37.6 Å². The fraction of sp³-hybridized carbons (Fsp3) is 0.500. The van der Waals surface area contributed by atoms with E-state index in [-0.39, 0.29) is 60.2 Å². The Balaban J connectivity index is 1.14. The second-order valence-electron chi connectivity index (χ2n) is 8.42. The standard InChI is InChI=1S/C22H24FN3O3/c23-16-3-5-17(6-4-16)24-9-11-25(12-10-24)18(27)7-8-26-21(28)19-14-1-2-15(13-14)20(19)22(26)29/h1-6,14-15,19-20H,7-13H2/t14-,15-,19-,20+/m0/s1. The van der Waals surface area contributed by atoms with Crippen LogP contribution in [-0.4, -0.2) is 60.2 Å². The molecular formula is C22H24FN3O3. The molecule has 4 atom stereocenters. The van der Waals surface area contributed by atoms with Gasteiger partial charge in [0.05, 0.1) is 11.8 Å². The van der Waals surface area contributed by atoms with Gasteiger partial charge in [-0.1, -0.05) is 12.2 Å². The molecule has 5 rings (SSSR count). The molecule has 0 unspecified atom stereocenters. The van der Waals surface area contributed by atoms with Crippen molar-refractivity contribution in [2.45, 2.75) is 12.8 Å². The lowest BCUT2D eigenvalue weighted by Crippen LogP contribution is -2.49. The number of likely N-dealkylation sites (tertiary alicyclic amines) is 1. The summed E-state index contributed by atoms with van der Waals surface area (Å²) >= 11 is 0. The van der Waals surface area contributed by atoms with Crippen LogP contribution >= 0.6 is 0 Å². The van der Waals surface area contributed by atoms with E-state index in [4.69, 9.17) is 0 Å². The Bertz CT molecular complexity index is 846. The molecule has 0 aromatic heterocycles. The number of benzene rings is 1. The Labute approximate surface area is 168 Å². The van der Waals surface area contributed by atoms with Gasteiger partial charge >= 0.3 is 0 Å². The third-order valence-electron chi connectivity index (χ3n) is 6.94. The molecule has 7 heteroatoms. The average molecular weight is 397 g/mol. The Morgan fingerprint density at radius 2 is 1.52 bits per heavy atom. The van der Waals surface area contributed by atoms with Gasteiger partial charge in [-0.05, 0) is 42.5 Å². The van der Waals surface area contributed by atoms with Gasteiger partial charge < -0.3 is 9.80 Å². The van der Waals surface area contributed by atoms with Crippen molar-refractivity contribution in [3.63, 3.8) is 0 Å². The fourth-order valence-electron chi connectivity index (χ4n) is 5.42. The summed E-state index contributed by atoms with van der Waals surface area (Å²) in [4.78, 5) is 43.3. The van der Waals surface area contributed by atoms with Crippen LogP contribution < -0.4 is 4.90 Å². The third kappa shape index (κ3) is 3.03. The van der Waals surface area contributed by atoms with E-state index in [2.05, 4.69) is 17.1 Å². The Hall–Kier alpha value is -2.70. The van der Waals surface area contributed by atoms with Crippen LogP contribution in [-0.2, 0) is 14.4 Å². The quantitative estimate of drug-likeness (QED) is 0.573. The number of allylic oxidation sites excluding steroid dienone is 2. The highest BCUT2D eigenvalue weighted by atomic mass is 19.1. The van der Waals surface area contributed by atoms with Crippen LogP contribution in [0.15, 0.2) is 36.4 Å². The number of hydrogen-bond donors (Lipinski definition) is 0. The first-order chi connectivity index (χ1) is 14.0. The molecule has 2 heterocycles. The minimum Gasteiger partial charge on any atom is -0.368 e. The molecule has 29 heavy (non-hydrogen) atoms. The highest BCUT2D eigenvalue weighted by molar-refractivity contribution is 6.06. The molecule has 1 aromatic rings. The van der Waals surface area contributed by atoms with Gasteiger partial charge in [0.1, 0.15) is 5.82 Å². The van der Waals surface area contributed by atoms with Crippen molar-refractivity contribution >= 4 is 23.4 Å². The maximum atomic E-state index is 13.1. The van der Waals surface area contributed by atoms with E-state index in [1.165, 1.54) is 17.0 Å². The topological polar surface area (TPSA) is 60.9 Å². The van der Waals surface area contributed by atoms with Gasteiger partial charge in [0.25, 0.3) is 0 Å². The molecule has 3 amide bonds. The lowest BCUT2D eigenvalue weighted by molar-refractivity contribution is -0.141. The monoisotopic (exact) mass is 397 g/mol. The van der Waals surface area contributed by atoms with Crippen molar-refractivity contribution in [3.8, 4) is 0 Å². The third-order valence-corrected chi connectivity index (χ3v) is 6.94. The Morgan fingerprint density at radius 3 is 2.10 bits per heavy atom. The van der Waals surface area contributed by atoms with E-state index in [1.54, 1.807) is 17.0 Å². The summed E-state index contributed by atoms with van der Waals surface area (Å²) in [7, 11) is 0. The molecule has 1 aromatic carbocycles. The van der Waals surface area contributed by atoms with Gasteiger partial charge in [0, 0.05) is 44.8 Å². The maximum Gasteiger partial charge on any atom is 0.233 e. The van der Waals surface area contributed by atoms with Crippen molar-refractivity contribution in [1.29, 1.82) is 0 Å². The van der Waals surface area contributed by atoms with Crippen molar-refractivity contribution in [3.05, 3.63) is 42.2 Å². The number of fused-ring (bicyclic) bond motifs is 5. The number of nitrogens with zero attached hydrogens (tertiary/aromatic N) is 3. The van der Waals surface area contributed by atoms with Gasteiger partial charge in [0.2, 0.25) is 17.7 Å². The first kappa shape index (κ1) is 18.3. The summed E-state index contributed by atoms with van der Waals surface area (Å²) in [5.74, 6) is -0.484. The van der Waals surface area contributed by atoms with Crippen LogP contribution in [0.25, 0.3) is 0 Å². The van der Waals surface area contributed by atoms with Crippen LogP contribution in [0.1, 0.15) is 12.8 Å². The Kier molecular flexibility index (Phi) is 4.41. The minimum absolute atomic E-state index is 0.0255. The molecular weight excluding hydrogens is 373 g/mol. The summed E-state index contributed by atoms with van der Waals surface area (Å²) in [6.45, 7) is 2.70.